The van der Waals surface area contributed by atoms with E-state index in [-0.39, 0.29) is 23.8 Å². The van der Waals surface area contributed by atoms with Gasteiger partial charge in [0, 0.05) is 24.8 Å². The van der Waals surface area contributed by atoms with Crippen LogP contribution in [0.15, 0.2) is 41.2 Å². The lowest BCUT2D eigenvalue weighted by atomic mass is 10.2. The van der Waals surface area contributed by atoms with Crippen LogP contribution in [-0.2, 0) is 22.5 Å². The van der Waals surface area contributed by atoms with Crippen LogP contribution in [0.4, 0.5) is 5.69 Å². The average Bonchev–Trinajstić information content (AvgIpc) is 3.05. The summed E-state index contributed by atoms with van der Waals surface area (Å²) in [4.78, 5) is 37.7. The van der Waals surface area contributed by atoms with E-state index < -0.39 is 5.97 Å². The van der Waals surface area contributed by atoms with Crippen LogP contribution >= 0.6 is 0 Å². The number of amides is 1. The lowest BCUT2D eigenvalue weighted by Gasteiger charge is -2.17. The molecule has 7 heteroatoms. The molecule has 0 saturated carbocycles. The first kappa shape index (κ1) is 16.9. The molecule has 2 aromatic rings. The summed E-state index contributed by atoms with van der Waals surface area (Å²) in [5, 5.41) is 3.98. The zero-order valence-electron chi connectivity index (χ0n) is 14.0. The molecule has 130 valence electrons. The van der Waals surface area contributed by atoms with Crippen LogP contribution in [0.2, 0.25) is 0 Å². The molecular formula is C18H19N3O4. The smallest absolute Gasteiger partial charge is 0.359 e. The Morgan fingerprint density at radius 1 is 1.20 bits per heavy atom. The summed E-state index contributed by atoms with van der Waals surface area (Å²) >= 11 is 0. The van der Waals surface area contributed by atoms with Gasteiger partial charge in [0.25, 0.3) is 11.5 Å². The number of fused-ring (bicyclic) bond motifs is 1. The monoisotopic (exact) mass is 341 g/mol. The number of rotatable bonds is 5. The fourth-order valence-electron chi connectivity index (χ4n) is 2.81. The van der Waals surface area contributed by atoms with Crippen LogP contribution in [-0.4, -0.2) is 34.8 Å². The SMILES string of the molecule is CCCn1nc(C(=O)OCC(=O)N2CCc3ccccc32)ccc1=O. The third-order valence-corrected chi connectivity index (χ3v) is 4.03. The highest BCUT2D eigenvalue weighted by Gasteiger charge is 2.25. The Bertz CT molecular complexity index is 859. The molecule has 7 nitrogen and oxygen atoms in total. The number of hydrogen-bond donors (Lipinski definition) is 0. The number of nitrogens with zero attached hydrogens (tertiary/aromatic N) is 3. The van der Waals surface area contributed by atoms with Crippen molar-refractivity contribution in [3.8, 4) is 0 Å². The molecule has 0 bridgehead atoms. The normalized spacial score (nSPS) is 12.8. The molecular weight excluding hydrogens is 322 g/mol. The van der Waals surface area contributed by atoms with E-state index in [9.17, 15) is 14.4 Å². The highest BCUT2D eigenvalue weighted by molar-refractivity contribution is 5.98. The second kappa shape index (κ2) is 7.29. The minimum absolute atomic E-state index is 0.0164. The highest BCUT2D eigenvalue weighted by Crippen LogP contribution is 2.27. The third kappa shape index (κ3) is 3.60. The van der Waals surface area contributed by atoms with Crippen molar-refractivity contribution < 1.29 is 14.3 Å². The predicted octanol–water partition coefficient (Wildman–Crippen LogP) is 1.40. The maximum absolute atomic E-state index is 12.3. The van der Waals surface area contributed by atoms with Gasteiger partial charge in [-0.2, -0.15) is 5.10 Å². The molecule has 0 unspecified atom stereocenters. The molecule has 0 aliphatic carbocycles. The Morgan fingerprint density at radius 3 is 2.80 bits per heavy atom. The first-order valence-electron chi connectivity index (χ1n) is 8.23. The van der Waals surface area contributed by atoms with Crippen LogP contribution in [0, 0.1) is 0 Å². The third-order valence-electron chi connectivity index (χ3n) is 4.03. The molecule has 0 atom stereocenters. The van der Waals surface area contributed by atoms with Gasteiger partial charge in [-0.25, -0.2) is 9.48 Å². The van der Waals surface area contributed by atoms with Gasteiger partial charge in [-0.1, -0.05) is 25.1 Å². The lowest BCUT2D eigenvalue weighted by Crippen LogP contribution is -2.33. The minimum Gasteiger partial charge on any atom is -0.451 e. The molecule has 1 amide bonds. The highest BCUT2D eigenvalue weighted by atomic mass is 16.5. The molecule has 0 radical (unpaired) electrons. The van der Waals surface area contributed by atoms with Crippen molar-refractivity contribution in [3.63, 3.8) is 0 Å². The van der Waals surface area contributed by atoms with E-state index >= 15 is 0 Å². The molecule has 1 aromatic heterocycles. The molecule has 2 heterocycles. The Morgan fingerprint density at radius 2 is 2.00 bits per heavy atom. The fourth-order valence-corrected chi connectivity index (χ4v) is 2.81. The largest absolute Gasteiger partial charge is 0.451 e. The van der Waals surface area contributed by atoms with Crippen molar-refractivity contribution in [1.29, 1.82) is 0 Å². The summed E-state index contributed by atoms with van der Waals surface area (Å²) in [6.45, 7) is 2.55. The molecule has 0 N–H and O–H groups in total. The van der Waals surface area contributed by atoms with Crippen LogP contribution in [0.25, 0.3) is 0 Å². The number of aromatic nitrogens is 2. The molecule has 0 fully saturated rings. The standard InChI is InChI=1S/C18H19N3O4/c1-2-10-21-16(22)8-7-14(19-21)18(24)25-12-17(23)20-11-9-13-5-3-4-6-15(13)20/h3-8H,2,9-12H2,1H3. The van der Waals surface area contributed by atoms with Gasteiger partial charge in [-0.3, -0.25) is 9.59 Å². The minimum atomic E-state index is -0.717. The first-order chi connectivity index (χ1) is 12.1. The Hall–Kier alpha value is -2.96. The second-order valence-electron chi connectivity index (χ2n) is 5.78. The van der Waals surface area contributed by atoms with Crippen molar-refractivity contribution in [2.24, 2.45) is 0 Å². The molecule has 0 saturated heterocycles. The predicted molar refractivity (Wildman–Crippen MR) is 91.6 cm³/mol. The lowest BCUT2D eigenvalue weighted by molar-refractivity contribution is -0.121. The summed E-state index contributed by atoms with van der Waals surface area (Å²) in [6, 6.07) is 10.3. The van der Waals surface area contributed by atoms with Gasteiger partial charge in [0.1, 0.15) is 0 Å². The molecule has 3 rings (SSSR count). The molecule has 25 heavy (non-hydrogen) atoms. The number of aryl methyl sites for hydroxylation is 1. The van der Waals surface area contributed by atoms with E-state index in [1.807, 2.05) is 31.2 Å². The van der Waals surface area contributed by atoms with Crippen LogP contribution < -0.4 is 10.5 Å². The number of benzene rings is 1. The Kier molecular flexibility index (Phi) is 4.92. The van der Waals surface area contributed by atoms with E-state index in [4.69, 9.17) is 4.74 Å². The summed E-state index contributed by atoms with van der Waals surface area (Å²) in [7, 11) is 0. The number of hydrogen-bond acceptors (Lipinski definition) is 5. The molecule has 1 aliphatic rings. The van der Waals surface area contributed by atoms with Gasteiger partial charge in [-0.15, -0.1) is 0 Å². The van der Waals surface area contributed by atoms with E-state index in [2.05, 4.69) is 5.10 Å². The molecule has 0 spiro atoms. The fraction of sp³-hybridized carbons (Fsp3) is 0.333. The topological polar surface area (TPSA) is 81.5 Å². The Balaban J connectivity index is 1.64. The average molecular weight is 341 g/mol. The van der Waals surface area contributed by atoms with Crippen molar-refractivity contribution in [2.45, 2.75) is 26.3 Å². The maximum atomic E-state index is 12.3. The van der Waals surface area contributed by atoms with Gasteiger partial charge in [0.15, 0.2) is 12.3 Å². The van der Waals surface area contributed by atoms with Gasteiger partial charge in [-0.05, 0) is 30.5 Å². The van der Waals surface area contributed by atoms with E-state index in [0.717, 1.165) is 24.1 Å². The second-order valence-corrected chi connectivity index (χ2v) is 5.78. The van der Waals surface area contributed by atoms with Gasteiger partial charge >= 0.3 is 5.97 Å². The van der Waals surface area contributed by atoms with Crippen molar-refractivity contribution >= 4 is 17.6 Å². The number of esters is 1. The summed E-state index contributed by atoms with van der Waals surface area (Å²) in [5.74, 6) is -0.995. The van der Waals surface area contributed by atoms with Crippen molar-refractivity contribution in [1.82, 2.24) is 9.78 Å². The summed E-state index contributed by atoms with van der Waals surface area (Å²) in [6.07, 6.45) is 1.51. The number of para-hydroxylation sites is 1. The molecule has 1 aliphatic heterocycles. The quantitative estimate of drug-likeness (QED) is 0.768. The maximum Gasteiger partial charge on any atom is 0.359 e. The number of carbonyl (C=O) groups excluding carboxylic acids is 2. The number of carbonyl (C=O) groups is 2. The van der Waals surface area contributed by atoms with Gasteiger partial charge in [0.2, 0.25) is 0 Å². The van der Waals surface area contributed by atoms with Crippen molar-refractivity contribution in [3.05, 3.63) is 58.0 Å². The van der Waals surface area contributed by atoms with Crippen LogP contribution in [0.3, 0.4) is 0 Å². The van der Waals surface area contributed by atoms with E-state index in [0.29, 0.717) is 13.1 Å². The Labute approximate surface area is 144 Å². The van der Waals surface area contributed by atoms with Gasteiger partial charge < -0.3 is 9.64 Å². The zero-order chi connectivity index (χ0) is 17.8. The number of ether oxygens (including phenoxy) is 1. The van der Waals surface area contributed by atoms with E-state index in [1.54, 1.807) is 4.90 Å². The van der Waals surface area contributed by atoms with E-state index in [1.165, 1.54) is 16.8 Å². The zero-order valence-corrected chi connectivity index (χ0v) is 14.0. The van der Waals surface area contributed by atoms with Gasteiger partial charge in [0.05, 0.1) is 0 Å². The summed E-state index contributed by atoms with van der Waals surface area (Å²) in [5.41, 5.74) is 1.71. The first-order valence-corrected chi connectivity index (χ1v) is 8.23. The molecule has 1 aromatic carbocycles. The van der Waals surface area contributed by atoms with Crippen LogP contribution in [0.1, 0.15) is 29.4 Å². The van der Waals surface area contributed by atoms with Crippen LogP contribution in [0.5, 0.6) is 0 Å². The number of anilines is 1. The summed E-state index contributed by atoms with van der Waals surface area (Å²) < 4.78 is 6.30. The van der Waals surface area contributed by atoms with Crippen molar-refractivity contribution in [2.75, 3.05) is 18.1 Å².